The molecule has 0 aliphatic carbocycles. The minimum Gasteiger partial charge on any atom is -0.497 e. The molecule has 2 aromatic carbocycles. The Balaban J connectivity index is 1.39. The summed E-state index contributed by atoms with van der Waals surface area (Å²) in [5.41, 5.74) is 3.79. The minimum absolute atomic E-state index is 0.108. The summed E-state index contributed by atoms with van der Waals surface area (Å²) < 4.78 is 12.4. The van der Waals surface area contributed by atoms with Crippen LogP contribution >= 0.6 is 11.8 Å². The Morgan fingerprint density at radius 1 is 1.09 bits per heavy atom. The number of benzene rings is 2. The van der Waals surface area contributed by atoms with Crippen molar-refractivity contribution in [2.45, 2.75) is 30.4 Å². The number of hydrogen-bond donors (Lipinski definition) is 1. The topological polar surface area (TPSA) is 86.6 Å². The van der Waals surface area contributed by atoms with Crippen LogP contribution in [0.4, 0.5) is 5.69 Å². The van der Waals surface area contributed by atoms with E-state index >= 15 is 0 Å². The van der Waals surface area contributed by atoms with E-state index < -0.39 is 11.2 Å². The highest BCUT2D eigenvalue weighted by Crippen LogP contribution is 2.36. The number of amides is 1. The van der Waals surface area contributed by atoms with E-state index in [1.165, 1.54) is 11.8 Å². The van der Waals surface area contributed by atoms with Crippen molar-refractivity contribution in [1.82, 2.24) is 4.57 Å². The zero-order chi connectivity index (χ0) is 23.5. The standard InChI is InChI=1S/C25H24N2O5S/c1-15-12-19(16(2)27(15)17-8-10-18(31-3)11-9-17)21(28)14-32-24(29)13-23-25(30)26-20-6-4-5-7-22(20)33-23/h4-12,23H,13-14H2,1-3H3,(H,26,30)/t23-/m0/s1. The number of hydrogen-bond acceptors (Lipinski definition) is 6. The maximum Gasteiger partial charge on any atom is 0.307 e. The van der Waals surface area contributed by atoms with Crippen LogP contribution in [-0.4, -0.2) is 41.2 Å². The number of nitrogens with zero attached hydrogens (tertiary/aromatic N) is 1. The molecule has 0 fully saturated rings. The highest BCUT2D eigenvalue weighted by Gasteiger charge is 2.29. The molecule has 0 saturated heterocycles. The molecule has 33 heavy (non-hydrogen) atoms. The average Bonchev–Trinajstić information content (AvgIpc) is 3.12. The zero-order valence-corrected chi connectivity index (χ0v) is 19.4. The van der Waals surface area contributed by atoms with Crippen LogP contribution in [0.2, 0.25) is 0 Å². The van der Waals surface area contributed by atoms with Crippen LogP contribution in [-0.2, 0) is 14.3 Å². The third kappa shape index (κ3) is 4.80. The van der Waals surface area contributed by atoms with Gasteiger partial charge in [0.2, 0.25) is 11.7 Å². The molecule has 4 rings (SSSR count). The first kappa shape index (κ1) is 22.7. The quantitative estimate of drug-likeness (QED) is 0.414. The number of thioether (sulfide) groups is 1. The highest BCUT2D eigenvalue weighted by atomic mass is 32.2. The van der Waals surface area contributed by atoms with E-state index in [0.29, 0.717) is 5.56 Å². The SMILES string of the molecule is COc1ccc(-n2c(C)cc(C(=O)COC(=O)C[C@@H]3Sc4ccccc4NC3=O)c2C)cc1. The van der Waals surface area contributed by atoms with Crippen LogP contribution in [0.1, 0.15) is 28.2 Å². The first-order valence-electron chi connectivity index (χ1n) is 10.5. The molecule has 8 heteroatoms. The Hall–Kier alpha value is -3.52. The number of ether oxygens (including phenoxy) is 2. The number of rotatable bonds is 7. The van der Waals surface area contributed by atoms with Gasteiger partial charge in [-0.2, -0.15) is 0 Å². The number of nitrogens with one attached hydrogen (secondary N) is 1. The smallest absolute Gasteiger partial charge is 0.307 e. The Kier molecular flexibility index (Phi) is 6.55. The summed E-state index contributed by atoms with van der Waals surface area (Å²) in [6.45, 7) is 3.39. The van der Waals surface area contributed by atoms with E-state index in [1.807, 2.05) is 66.9 Å². The summed E-state index contributed by atoms with van der Waals surface area (Å²) >= 11 is 1.32. The molecule has 0 bridgehead atoms. The first-order valence-corrected chi connectivity index (χ1v) is 11.3. The fourth-order valence-corrected chi connectivity index (χ4v) is 4.93. The maximum absolute atomic E-state index is 12.8. The summed E-state index contributed by atoms with van der Waals surface area (Å²) in [6, 6.07) is 16.7. The fourth-order valence-electron chi connectivity index (χ4n) is 3.83. The summed E-state index contributed by atoms with van der Waals surface area (Å²) in [4.78, 5) is 38.3. The van der Waals surface area contributed by atoms with Crippen molar-refractivity contribution in [1.29, 1.82) is 0 Å². The van der Waals surface area contributed by atoms with Crippen LogP contribution < -0.4 is 10.1 Å². The number of methoxy groups -OCH3 is 1. The second-order valence-electron chi connectivity index (χ2n) is 7.70. The Morgan fingerprint density at radius 3 is 2.55 bits per heavy atom. The van der Waals surface area contributed by atoms with Crippen molar-refractivity contribution in [3.8, 4) is 11.4 Å². The lowest BCUT2D eigenvalue weighted by Gasteiger charge is -2.23. The lowest BCUT2D eigenvalue weighted by molar-refractivity contribution is -0.143. The first-order chi connectivity index (χ1) is 15.9. The van der Waals surface area contributed by atoms with Gasteiger partial charge in [-0.05, 0) is 56.3 Å². The summed E-state index contributed by atoms with van der Waals surface area (Å²) in [5, 5.41) is 2.21. The monoisotopic (exact) mass is 464 g/mol. The van der Waals surface area contributed by atoms with Gasteiger partial charge in [0.05, 0.1) is 24.5 Å². The van der Waals surface area contributed by atoms with Gasteiger partial charge in [-0.25, -0.2) is 0 Å². The molecule has 1 aromatic heterocycles. The second kappa shape index (κ2) is 9.54. The molecular weight excluding hydrogens is 440 g/mol. The van der Waals surface area contributed by atoms with Crippen molar-refractivity contribution < 1.29 is 23.9 Å². The van der Waals surface area contributed by atoms with Crippen LogP contribution in [0.3, 0.4) is 0 Å². The molecule has 0 saturated carbocycles. The molecule has 1 atom stereocenters. The molecule has 0 radical (unpaired) electrons. The summed E-state index contributed by atoms with van der Waals surface area (Å²) in [6.07, 6.45) is -0.108. The number of anilines is 1. The maximum atomic E-state index is 12.8. The zero-order valence-electron chi connectivity index (χ0n) is 18.6. The third-order valence-electron chi connectivity index (χ3n) is 5.49. The number of Topliss-reactive ketones (excluding diaryl/α,β-unsaturated/α-hetero) is 1. The molecule has 3 aromatic rings. The van der Waals surface area contributed by atoms with E-state index in [-0.39, 0.29) is 24.7 Å². The lowest BCUT2D eigenvalue weighted by atomic mass is 10.1. The minimum atomic E-state index is -0.595. The third-order valence-corrected chi connectivity index (χ3v) is 6.76. The number of carbonyl (C=O) groups is 3. The Labute approximate surface area is 196 Å². The number of fused-ring (bicyclic) bond motifs is 1. The molecule has 170 valence electrons. The molecule has 1 N–H and O–H groups in total. The number of carbonyl (C=O) groups excluding carboxylic acids is 3. The van der Waals surface area contributed by atoms with Gasteiger partial charge in [-0.15, -0.1) is 11.8 Å². The molecule has 1 aliphatic heterocycles. The number of aryl methyl sites for hydroxylation is 1. The van der Waals surface area contributed by atoms with Gasteiger partial charge in [-0.1, -0.05) is 12.1 Å². The van der Waals surface area contributed by atoms with Crippen LogP contribution in [0.25, 0.3) is 5.69 Å². The van der Waals surface area contributed by atoms with Gasteiger partial charge in [0, 0.05) is 27.5 Å². The predicted octanol–water partition coefficient (Wildman–Crippen LogP) is 4.33. The number of aromatic nitrogens is 1. The van der Waals surface area contributed by atoms with Crippen LogP contribution in [0.15, 0.2) is 59.5 Å². The van der Waals surface area contributed by atoms with Gasteiger partial charge < -0.3 is 19.4 Å². The van der Waals surface area contributed by atoms with Gasteiger partial charge in [0.25, 0.3) is 0 Å². The molecule has 7 nitrogen and oxygen atoms in total. The Bertz CT molecular complexity index is 1220. The second-order valence-corrected chi connectivity index (χ2v) is 8.94. The normalized spacial score (nSPS) is 14.9. The lowest BCUT2D eigenvalue weighted by Crippen LogP contribution is -2.31. The molecule has 1 amide bonds. The van der Waals surface area contributed by atoms with Gasteiger partial charge in [0.1, 0.15) is 5.75 Å². The predicted molar refractivity (Wildman–Crippen MR) is 126 cm³/mol. The number of esters is 1. The number of ketones is 1. The van der Waals surface area contributed by atoms with Gasteiger partial charge in [0.15, 0.2) is 6.61 Å². The van der Waals surface area contributed by atoms with Crippen molar-refractivity contribution in [2.75, 3.05) is 19.0 Å². The average molecular weight is 465 g/mol. The Morgan fingerprint density at radius 2 is 1.82 bits per heavy atom. The molecule has 2 heterocycles. The molecule has 0 spiro atoms. The van der Waals surface area contributed by atoms with Crippen molar-refractivity contribution in [3.05, 3.63) is 71.5 Å². The summed E-state index contributed by atoms with van der Waals surface area (Å²) in [7, 11) is 1.61. The van der Waals surface area contributed by atoms with Crippen molar-refractivity contribution >= 4 is 35.1 Å². The highest BCUT2D eigenvalue weighted by molar-refractivity contribution is 8.01. The fraction of sp³-hybridized carbons (Fsp3) is 0.240. The largest absolute Gasteiger partial charge is 0.497 e. The van der Waals surface area contributed by atoms with E-state index in [2.05, 4.69) is 5.32 Å². The molecule has 1 aliphatic rings. The molecular formula is C25H24N2O5S. The van der Waals surface area contributed by atoms with E-state index in [0.717, 1.165) is 33.4 Å². The molecule has 0 unspecified atom stereocenters. The van der Waals surface area contributed by atoms with Crippen LogP contribution in [0.5, 0.6) is 5.75 Å². The van der Waals surface area contributed by atoms with Gasteiger partial charge >= 0.3 is 5.97 Å². The van der Waals surface area contributed by atoms with E-state index in [9.17, 15) is 14.4 Å². The van der Waals surface area contributed by atoms with E-state index in [1.54, 1.807) is 13.2 Å². The van der Waals surface area contributed by atoms with E-state index in [4.69, 9.17) is 9.47 Å². The summed E-state index contributed by atoms with van der Waals surface area (Å²) in [5.74, 6) is -0.371. The number of para-hydroxylation sites is 1. The van der Waals surface area contributed by atoms with Crippen molar-refractivity contribution in [2.24, 2.45) is 0 Å². The van der Waals surface area contributed by atoms with Crippen LogP contribution in [0, 0.1) is 13.8 Å². The van der Waals surface area contributed by atoms with Crippen molar-refractivity contribution in [3.63, 3.8) is 0 Å². The van der Waals surface area contributed by atoms with Gasteiger partial charge in [-0.3, -0.25) is 14.4 Å².